The minimum absolute atomic E-state index is 0.467. The summed E-state index contributed by atoms with van der Waals surface area (Å²) >= 11 is 3.07. The number of para-hydroxylation sites is 1. The van der Waals surface area contributed by atoms with Gasteiger partial charge in [0.1, 0.15) is 21.4 Å². The third kappa shape index (κ3) is 2.17. The van der Waals surface area contributed by atoms with E-state index >= 15 is 0 Å². The Kier molecular flexibility index (Phi) is 2.83. The monoisotopic (exact) mass is 337 g/mol. The van der Waals surface area contributed by atoms with Crippen molar-refractivity contribution in [2.75, 3.05) is 0 Å². The number of hydrogen-bond donors (Lipinski definition) is 0. The molecule has 4 nitrogen and oxygen atoms in total. The summed E-state index contributed by atoms with van der Waals surface area (Å²) in [7, 11) is 0. The Morgan fingerprint density at radius 2 is 1.96 bits per heavy atom. The van der Waals surface area contributed by atoms with E-state index in [1.54, 1.807) is 11.3 Å². The van der Waals surface area contributed by atoms with Crippen LogP contribution < -0.4 is 0 Å². The summed E-state index contributed by atoms with van der Waals surface area (Å²) in [6, 6.07) is 9.98. The van der Waals surface area contributed by atoms with Gasteiger partial charge in [-0.15, -0.1) is 22.7 Å². The molecule has 1 saturated carbocycles. The molecule has 1 aliphatic carbocycles. The molecule has 23 heavy (non-hydrogen) atoms. The molecule has 4 aromatic rings. The molecule has 0 spiro atoms. The first-order valence-corrected chi connectivity index (χ1v) is 9.08. The van der Waals surface area contributed by atoms with Gasteiger partial charge in [-0.3, -0.25) is 4.79 Å². The molecule has 0 N–H and O–H groups in total. The van der Waals surface area contributed by atoms with Gasteiger partial charge in [-0.1, -0.05) is 12.1 Å². The Hall–Kier alpha value is -2.18. The first kappa shape index (κ1) is 13.3. The van der Waals surface area contributed by atoms with Gasteiger partial charge in [-0.2, -0.15) is 0 Å². The molecular formula is C17H11N3OS2. The Bertz CT molecular complexity index is 1030. The smallest absolute Gasteiger partial charge is 0.160 e. The first-order chi connectivity index (χ1) is 11.3. The maximum Gasteiger partial charge on any atom is 0.160 e. The third-order valence-corrected chi connectivity index (χ3v) is 5.98. The minimum Gasteiger partial charge on any atom is -0.297 e. The zero-order chi connectivity index (χ0) is 15.4. The average Bonchev–Trinajstić information content (AvgIpc) is 3.20. The number of fused-ring (bicyclic) bond motifs is 2. The average molecular weight is 337 g/mol. The Morgan fingerprint density at radius 3 is 2.74 bits per heavy atom. The number of rotatable bonds is 3. The van der Waals surface area contributed by atoms with Crippen LogP contribution in [0.25, 0.3) is 31.1 Å². The fourth-order valence-corrected chi connectivity index (χ4v) is 4.50. The summed E-state index contributed by atoms with van der Waals surface area (Å²) in [6.45, 7) is 0. The van der Waals surface area contributed by atoms with Gasteiger partial charge in [0.25, 0.3) is 0 Å². The number of thiophene rings is 1. The van der Waals surface area contributed by atoms with Crippen LogP contribution in [-0.4, -0.2) is 21.2 Å². The summed E-state index contributed by atoms with van der Waals surface area (Å²) in [5, 5.41) is 1.83. The highest BCUT2D eigenvalue weighted by atomic mass is 32.1. The number of nitrogens with zero attached hydrogens (tertiary/aromatic N) is 3. The molecule has 0 saturated heterocycles. The van der Waals surface area contributed by atoms with E-state index in [0.717, 1.165) is 56.1 Å². The van der Waals surface area contributed by atoms with Crippen LogP contribution >= 0.6 is 22.7 Å². The number of aromatic nitrogens is 3. The van der Waals surface area contributed by atoms with Gasteiger partial charge in [0.05, 0.1) is 15.1 Å². The summed E-state index contributed by atoms with van der Waals surface area (Å²) in [4.78, 5) is 26.9. The molecule has 1 aliphatic rings. The number of carbonyl (C=O) groups is 1. The quantitative estimate of drug-likeness (QED) is 0.510. The van der Waals surface area contributed by atoms with E-state index in [1.807, 2.05) is 24.3 Å². The zero-order valence-corrected chi connectivity index (χ0v) is 13.7. The maximum absolute atomic E-state index is 11.1. The molecule has 5 rings (SSSR count). The van der Waals surface area contributed by atoms with Gasteiger partial charge < -0.3 is 0 Å². The topological polar surface area (TPSA) is 55.7 Å². The lowest BCUT2D eigenvalue weighted by molar-refractivity contribution is 0.112. The highest BCUT2D eigenvalue weighted by molar-refractivity contribution is 7.22. The van der Waals surface area contributed by atoms with Gasteiger partial charge >= 0.3 is 0 Å². The fraction of sp³-hybridized carbons (Fsp3) is 0.176. The van der Waals surface area contributed by atoms with E-state index in [4.69, 9.17) is 9.97 Å². The van der Waals surface area contributed by atoms with Gasteiger partial charge in [-0.05, 0) is 31.0 Å². The highest BCUT2D eigenvalue weighted by Gasteiger charge is 2.28. The molecule has 0 radical (unpaired) electrons. The third-order valence-electron chi connectivity index (χ3n) is 3.98. The molecule has 6 heteroatoms. The van der Waals surface area contributed by atoms with Crippen molar-refractivity contribution in [1.29, 1.82) is 0 Å². The fourth-order valence-electron chi connectivity index (χ4n) is 2.68. The molecule has 0 aliphatic heterocycles. The molecule has 3 heterocycles. The van der Waals surface area contributed by atoms with Crippen molar-refractivity contribution < 1.29 is 4.79 Å². The zero-order valence-electron chi connectivity index (χ0n) is 12.0. The largest absolute Gasteiger partial charge is 0.297 e. The van der Waals surface area contributed by atoms with Crippen molar-refractivity contribution in [3.8, 4) is 10.7 Å². The predicted octanol–water partition coefficient (Wildman–Crippen LogP) is 4.66. The van der Waals surface area contributed by atoms with Crippen molar-refractivity contribution in [2.24, 2.45) is 0 Å². The summed E-state index contributed by atoms with van der Waals surface area (Å²) in [6.07, 6.45) is 3.18. The normalized spacial score (nSPS) is 14.6. The van der Waals surface area contributed by atoms with E-state index in [9.17, 15) is 4.79 Å². The second kappa shape index (κ2) is 4.91. The second-order valence-electron chi connectivity index (χ2n) is 5.68. The SMILES string of the molecule is O=Cc1cc2c(-c3nc4ccccc4s3)nc(C3CC3)nc2s1. The van der Waals surface area contributed by atoms with Crippen LogP contribution in [-0.2, 0) is 0 Å². The number of benzene rings is 1. The van der Waals surface area contributed by atoms with Crippen LogP contribution in [0.15, 0.2) is 30.3 Å². The van der Waals surface area contributed by atoms with Gasteiger partial charge in [0.2, 0.25) is 0 Å². The van der Waals surface area contributed by atoms with Crippen LogP contribution in [0.5, 0.6) is 0 Å². The number of aldehydes is 1. The first-order valence-electron chi connectivity index (χ1n) is 7.44. The lowest BCUT2D eigenvalue weighted by atomic mass is 10.2. The lowest BCUT2D eigenvalue weighted by Gasteiger charge is -2.02. The number of hydrogen-bond acceptors (Lipinski definition) is 6. The molecule has 112 valence electrons. The number of carbonyl (C=O) groups excluding carboxylic acids is 1. The molecule has 0 amide bonds. The molecule has 1 aromatic carbocycles. The Balaban J connectivity index is 1.80. The maximum atomic E-state index is 11.1. The van der Waals surface area contributed by atoms with Crippen LogP contribution in [0.4, 0.5) is 0 Å². The van der Waals surface area contributed by atoms with Crippen molar-refractivity contribution >= 4 is 49.4 Å². The van der Waals surface area contributed by atoms with E-state index in [1.165, 1.54) is 11.3 Å². The lowest BCUT2D eigenvalue weighted by Crippen LogP contribution is -1.95. The highest BCUT2D eigenvalue weighted by Crippen LogP contribution is 2.42. The second-order valence-corrected chi connectivity index (χ2v) is 7.77. The standard InChI is InChI=1S/C17H11N3OS2/c21-8-10-7-11-14(17-18-12-3-1-2-4-13(12)23-17)19-15(9-5-6-9)20-16(11)22-10/h1-4,7-9H,5-6H2. The predicted molar refractivity (Wildman–Crippen MR) is 93.4 cm³/mol. The molecule has 3 aromatic heterocycles. The van der Waals surface area contributed by atoms with E-state index in [-0.39, 0.29) is 0 Å². The van der Waals surface area contributed by atoms with E-state index in [2.05, 4.69) is 11.1 Å². The van der Waals surface area contributed by atoms with Crippen LogP contribution in [0.3, 0.4) is 0 Å². The van der Waals surface area contributed by atoms with Crippen molar-refractivity contribution in [3.05, 3.63) is 41.0 Å². The van der Waals surface area contributed by atoms with Gasteiger partial charge in [0, 0.05) is 11.3 Å². The Labute approximate surface area is 139 Å². The summed E-state index contributed by atoms with van der Waals surface area (Å²) in [5.41, 5.74) is 1.85. The van der Waals surface area contributed by atoms with Crippen molar-refractivity contribution in [1.82, 2.24) is 15.0 Å². The number of thiazole rings is 1. The minimum atomic E-state index is 0.467. The van der Waals surface area contributed by atoms with Gasteiger partial charge in [-0.25, -0.2) is 15.0 Å². The molecule has 1 fully saturated rings. The molecule has 0 unspecified atom stereocenters. The van der Waals surface area contributed by atoms with Crippen molar-refractivity contribution in [3.63, 3.8) is 0 Å². The summed E-state index contributed by atoms with van der Waals surface area (Å²) < 4.78 is 1.15. The molecule has 0 bridgehead atoms. The van der Waals surface area contributed by atoms with Gasteiger partial charge in [0.15, 0.2) is 6.29 Å². The molecular weight excluding hydrogens is 326 g/mol. The Morgan fingerprint density at radius 1 is 1.09 bits per heavy atom. The van der Waals surface area contributed by atoms with E-state index in [0.29, 0.717) is 10.8 Å². The van der Waals surface area contributed by atoms with Crippen LogP contribution in [0.2, 0.25) is 0 Å². The van der Waals surface area contributed by atoms with Crippen LogP contribution in [0, 0.1) is 0 Å². The molecule has 0 atom stereocenters. The van der Waals surface area contributed by atoms with E-state index < -0.39 is 0 Å². The van der Waals surface area contributed by atoms with Crippen LogP contribution in [0.1, 0.15) is 34.3 Å². The van der Waals surface area contributed by atoms with Crippen molar-refractivity contribution in [2.45, 2.75) is 18.8 Å². The summed E-state index contributed by atoms with van der Waals surface area (Å²) in [5.74, 6) is 1.36.